The Balaban J connectivity index is 2.19. The number of rotatable bonds is 2. The Morgan fingerprint density at radius 1 is 1.26 bits per heavy atom. The van der Waals surface area contributed by atoms with Crippen LogP contribution in [0.2, 0.25) is 0 Å². The summed E-state index contributed by atoms with van der Waals surface area (Å²) in [5.41, 5.74) is 9.17. The molecule has 4 nitrogen and oxygen atoms in total. The van der Waals surface area contributed by atoms with Gasteiger partial charge in [0.05, 0.1) is 17.2 Å². The summed E-state index contributed by atoms with van der Waals surface area (Å²) in [6.45, 7) is 0.483. The smallest absolute Gasteiger partial charge is 0.159 e. The van der Waals surface area contributed by atoms with Crippen LogP contribution in [0.25, 0.3) is 22.6 Å². The Hall–Kier alpha value is -2.27. The molecule has 0 radical (unpaired) electrons. The third kappa shape index (κ3) is 1.98. The standard InChI is InChI=1S/C14H13FN4/c1-19-13-5-2-9(7-16)6-12(13)18-14(19)11-4-3-10(15)8-17-11/h2-6,8H,7,16H2,1H3. The van der Waals surface area contributed by atoms with E-state index in [0.717, 1.165) is 16.6 Å². The van der Waals surface area contributed by atoms with Crippen molar-refractivity contribution in [3.05, 3.63) is 47.9 Å². The van der Waals surface area contributed by atoms with Gasteiger partial charge in [-0.1, -0.05) is 6.07 Å². The molecule has 0 bridgehead atoms. The summed E-state index contributed by atoms with van der Waals surface area (Å²) in [7, 11) is 1.91. The highest BCUT2D eigenvalue weighted by atomic mass is 19.1. The van der Waals surface area contributed by atoms with Gasteiger partial charge in [0.1, 0.15) is 11.5 Å². The van der Waals surface area contributed by atoms with E-state index < -0.39 is 0 Å². The number of nitrogens with zero attached hydrogens (tertiary/aromatic N) is 3. The molecule has 2 aromatic heterocycles. The van der Waals surface area contributed by atoms with Gasteiger partial charge in [0.15, 0.2) is 5.82 Å². The van der Waals surface area contributed by atoms with E-state index in [1.807, 2.05) is 29.8 Å². The Morgan fingerprint density at radius 3 is 2.79 bits per heavy atom. The first-order valence-electron chi connectivity index (χ1n) is 5.96. The van der Waals surface area contributed by atoms with Crippen molar-refractivity contribution >= 4 is 11.0 Å². The average Bonchev–Trinajstić information content (AvgIpc) is 2.76. The highest BCUT2D eigenvalue weighted by Crippen LogP contribution is 2.23. The maximum absolute atomic E-state index is 12.9. The minimum Gasteiger partial charge on any atom is -0.326 e. The summed E-state index contributed by atoms with van der Waals surface area (Å²) < 4.78 is 14.8. The largest absolute Gasteiger partial charge is 0.326 e. The zero-order valence-electron chi connectivity index (χ0n) is 10.5. The number of pyridine rings is 1. The molecule has 0 saturated heterocycles. The van der Waals surface area contributed by atoms with Crippen molar-refractivity contribution in [3.8, 4) is 11.5 Å². The zero-order valence-corrected chi connectivity index (χ0v) is 10.5. The maximum Gasteiger partial charge on any atom is 0.159 e. The molecule has 96 valence electrons. The van der Waals surface area contributed by atoms with E-state index in [1.54, 1.807) is 6.07 Å². The number of fused-ring (bicyclic) bond motifs is 1. The highest BCUT2D eigenvalue weighted by molar-refractivity contribution is 5.80. The van der Waals surface area contributed by atoms with Crippen LogP contribution in [0.15, 0.2) is 36.5 Å². The lowest BCUT2D eigenvalue weighted by Crippen LogP contribution is -1.96. The molecule has 0 unspecified atom stereocenters. The molecule has 3 aromatic rings. The van der Waals surface area contributed by atoms with E-state index in [-0.39, 0.29) is 5.82 Å². The predicted octanol–water partition coefficient (Wildman–Crippen LogP) is 2.23. The number of imidazole rings is 1. The molecule has 1 aromatic carbocycles. The Labute approximate surface area is 109 Å². The molecular formula is C14H13FN4. The van der Waals surface area contributed by atoms with Gasteiger partial charge in [-0.15, -0.1) is 0 Å². The summed E-state index contributed by atoms with van der Waals surface area (Å²) in [6, 6.07) is 8.93. The van der Waals surface area contributed by atoms with Crippen LogP contribution in [0.3, 0.4) is 0 Å². The van der Waals surface area contributed by atoms with Crippen molar-refractivity contribution in [1.82, 2.24) is 14.5 Å². The third-order valence-electron chi connectivity index (χ3n) is 3.14. The van der Waals surface area contributed by atoms with Crippen LogP contribution in [0.1, 0.15) is 5.56 Å². The van der Waals surface area contributed by atoms with Crippen molar-refractivity contribution < 1.29 is 4.39 Å². The lowest BCUT2D eigenvalue weighted by Gasteiger charge is -2.01. The van der Waals surface area contributed by atoms with Crippen LogP contribution in [-0.2, 0) is 13.6 Å². The van der Waals surface area contributed by atoms with Crippen LogP contribution in [-0.4, -0.2) is 14.5 Å². The van der Waals surface area contributed by atoms with Crippen LogP contribution in [0.4, 0.5) is 4.39 Å². The van der Waals surface area contributed by atoms with Gasteiger partial charge in [0, 0.05) is 13.6 Å². The van der Waals surface area contributed by atoms with Crippen LogP contribution in [0.5, 0.6) is 0 Å². The molecule has 0 aliphatic heterocycles. The van der Waals surface area contributed by atoms with Crippen LogP contribution < -0.4 is 5.73 Å². The molecule has 3 rings (SSSR count). The summed E-state index contributed by atoms with van der Waals surface area (Å²) >= 11 is 0. The van der Waals surface area contributed by atoms with Gasteiger partial charge in [-0.25, -0.2) is 14.4 Å². The molecule has 0 amide bonds. The maximum atomic E-state index is 12.9. The van der Waals surface area contributed by atoms with Crippen molar-refractivity contribution in [2.75, 3.05) is 0 Å². The molecule has 0 fully saturated rings. The summed E-state index contributed by atoms with van der Waals surface area (Å²) in [5.74, 6) is 0.358. The quantitative estimate of drug-likeness (QED) is 0.765. The SMILES string of the molecule is Cn1c(-c2ccc(F)cn2)nc2cc(CN)ccc21. The number of aryl methyl sites for hydroxylation is 1. The van der Waals surface area contributed by atoms with Gasteiger partial charge in [0.2, 0.25) is 0 Å². The second-order valence-corrected chi connectivity index (χ2v) is 4.38. The number of hydrogen-bond donors (Lipinski definition) is 1. The van der Waals surface area contributed by atoms with Crippen molar-refractivity contribution in [2.45, 2.75) is 6.54 Å². The molecule has 0 spiro atoms. The lowest BCUT2D eigenvalue weighted by molar-refractivity contribution is 0.621. The van der Waals surface area contributed by atoms with E-state index in [9.17, 15) is 4.39 Å². The second kappa shape index (κ2) is 4.44. The molecule has 2 heterocycles. The van der Waals surface area contributed by atoms with E-state index >= 15 is 0 Å². The number of nitrogens with two attached hydrogens (primary N) is 1. The number of aromatic nitrogens is 3. The molecule has 0 aliphatic carbocycles. The molecular weight excluding hydrogens is 243 g/mol. The van der Waals surface area contributed by atoms with Crippen molar-refractivity contribution in [2.24, 2.45) is 12.8 Å². The second-order valence-electron chi connectivity index (χ2n) is 4.38. The molecule has 0 aliphatic rings. The first kappa shape index (κ1) is 11.8. The molecule has 0 saturated carbocycles. The topological polar surface area (TPSA) is 56.7 Å². The fourth-order valence-corrected chi connectivity index (χ4v) is 2.11. The monoisotopic (exact) mass is 256 g/mol. The first-order chi connectivity index (χ1) is 9.19. The molecule has 0 atom stereocenters. The normalized spacial score (nSPS) is 11.1. The zero-order chi connectivity index (χ0) is 13.4. The van der Waals surface area contributed by atoms with E-state index in [0.29, 0.717) is 18.1 Å². The summed E-state index contributed by atoms with van der Waals surface area (Å²) in [5, 5.41) is 0. The van der Waals surface area contributed by atoms with Gasteiger partial charge in [-0.05, 0) is 29.8 Å². The van der Waals surface area contributed by atoms with Gasteiger partial charge >= 0.3 is 0 Å². The third-order valence-corrected chi connectivity index (χ3v) is 3.14. The Bertz CT molecular complexity index is 731. The lowest BCUT2D eigenvalue weighted by atomic mass is 10.2. The molecule has 2 N–H and O–H groups in total. The van der Waals surface area contributed by atoms with E-state index in [1.165, 1.54) is 12.3 Å². The summed E-state index contributed by atoms with van der Waals surface area (Å²) in [6.07, 6.45) is 1.19. The first-order valence-corrected chi connectivity index (χ1v) is 5.96. The van der Waals surface area contributed by atoms with Gasteiger partial charge in [-0.3, -0.25) is 0 Å². The number of hydrogen-bond acceptors (Lipinski definition) is 3. The average molecular weight is 256 g/mol. The Kier molecular flexibility index (Phi) is 2.76. The van der Waals surface area contributed by atoms with Crippen molar-refractivity contribution in [3.63, 3.8) is 0 Å². The Morgan fingerprint density at radius 2 is 2.11 bits per heavy atom. The highest BCUT2D eigenvalue weighted by Gasteiger charge is 2.11. The van der Waals surface area contributed by atoms with Gasteiger partial charge < -0.3 is 10.3 Å². The minimum atomic E-state index is -0.354. The van der Waals surface area contributed by atoms with Gasteiger partial charge in [0.25, 0.3) is 0 Å². The van der Waals surface area contributed by atoms with Crippen LogP contribution >= 0.6 is 0 Å². The van der Waals surface area contributed by atoms with Crippen LogP contribution in [0, 0.1) is 5.82 Å². The molecule has 5 heteroatoms. The predicted molar refractivity (Wildman–Crippen MR) is 71.8 cm³/mol. The summed E-state index contributed by atoms with van der Waals surface area (Å²) in [4.78, 5) is 8.61. The van der Waals surface area contributed by atoms with Gasteiger partial charge in [-0.2, -0.15) is 0 Å². The molecule has 19 heavy (non-hydrogen) atoms. The fraction of sp³-hybridized carbons (Fsp3) is 0.143. The van der Waals surface area contributed by atoms with E-state index in [4.69, 9.17) is 5.73 Å². The number of halogens is 1. The minimum absolute atomic E-state index is 0.354. The van der Waals surface area contributed by atoms with Crippen molar-refractivity contribution in [1.29, 1.82) is 0 Å². The van der Waals surface area contributed by atoms with E-state index in [2.05, 4.69) is 9.97 Å². The fourth-order valence-electron chi connectivity index (χ4n) is 2.11. The number of benzene rings is 1.